The molecule has 3 rings (SSSR count). The molecule has 2 aromatic carbocycles. The second-order valence-electron chi connectivity index (χ2n) is 7.25. The minimum Gasteiger partial charge on any atom is -0.352 e. The molecule has 1 aliphatic heterocycles. The summed E-state index contributed by atoms with van der Waals surface area (Å²) < 4.78 is 0. The molecule has 6 heteroatoms. The van der Waals surface area contributed by atoms with E-state index in [0.29, 0.717) is 6.54 Å². The van der Waals surface area contributed by atoms with Gasteiger partial charge in [-0.3, -0.25) is 9.69 Å². The van der Waals surface area contributed by atoms with Crippen LogP contribution in [-0.4, -0.2) is 23.9 Å². The van der Waals surface area contributed by atoms with Gasteiger partial charge in [-0.1, -0.05) is 61.5 Å². The van der Waals surface area contributed by atoms with Gasteiger partial charge in [0.25, 0.3) is 0 Å². The monoisotopic (exact) mass is 423 g/mol. The van der Waals surface area contributed by atoms with Gasteiger partial charge in [0.2, 0.25) is 5.91 Å². The number of benzene rings is 2. The van der Waals surface area contributed by atoms with Crippen molar-refractivity contribution >= 4 is 30.7 Å². The minimum absolute atomic E-state index is 0. The van der Waals surface area contributed by atoms with E-state index >= 15 is 0 Å². The number of carbonyl (C=O) groups excluding carboxylic acids is 1. The second-order valence-corrected chi connectivity index (χ2v) is 7.25. The summed E-state index contributed by atoms with van der Waals surface area (Å²) in [6.07, 6.45) is 2.60. The van der Waals surface area contributed by atoms with E-state index in [1.54, 1.807) is 0 Å². The average molecular weight is 424 g/mol. The molecule has 0 bridgehead atoms. The first-order valence-electron chi connectivity index (χ1n) is 9.52. The van der Waals surface area contributed by atoms with Gasteiger partial charge in [-0.25, -0.2) is 0 Å². The molecule has 154 valence electrons. The number of amides is 1. The van der Waals surface area contributed by atoms with Crippen LogP contribution in [0.4, 0.5) is 0 Å². The molecule has 1 heterocycles. The van der Waals surface area contributed by atoms with Crippen molar-refractivity contribution in [2.24, 2.45) is 11.7 Å². The van der Waals surface area contributed by atoms with E-state index in [0.717, 1.165) is 17.7 Å². The van der Waals surface area contributed by atoms with Crippen LogP contribution in [0.15, 0.2) is 54.6 Å². The van der Waals surface area contributed by atoms with Crippen LogP contribution in [0.3, 0.4) is 0 Å². The van der Waals surface area contributed by atoms with Crippen molar-refractivity contribution in [3.8, 4) is 0 Å². The Kier molecular flexibility index (Phi) is 10.5. The Labute approximate surface area is 180 Å². The van der Waals surface area contributed by atoms with Crippen LogP contribution in [-0.2, 0) is 17.9 Å². The summed E-state index contributed by atoms with van der Waals surface area (Å²) in [6.45, 7) is 5.80. The Morgan fingerprint density at radius 2 is 1.68 bits per heavy atom. The molecule has 3 N–H and O–H groups in total. The number of rotatable bonds is 7. The summed E-state index contributed by atoms with van der Waals surface area (Å²) in [5.41, 5.74) is 9.69. The molecular formula is C22H31Cl2N3O. The van der Waals surface area contributed by atoms with Gasteiger partial charge in [-0.2, -0.15) is 0 Å². The van der Waals surface area contributed by atoms with Crippen LogP contribution in [0.5, 0.6) is 0 Å². The highest BCUT2D eigenvalue weighted by molar-refractivity contribution is 5.85. The van der Waals surface area contributed by atoms with Crippen LogP contribution in [0, 0.1) is 5.92 Å². The molecule has 2 atom stereocenters. The van der Waals surface area contributed by atoms with E-state index in [-0.39, 0.29) is 42.7 Å². The smallest absolute Gasteiger partial charge is 0.225 e. The summed E-state index contributed by atoms with van der Waals surface area (Å²) in [5.74, 6) is -0.281. The molecule has 28 heavy (non-hydrogen) atoms. The third-order valence-corrected chi connectivity index (χ3v) is 5.20. The summed E-state index contributed by atoms with van der Waals surface area (Å²) in [7, 11) is 0. The molecular weight excluding hydrogens is 393 g/mol. The number of nitrogens with zero attached hydrogens (tertiary/aromatic N) is 1. The lowest BCUT2D eigenvalue weighted by Crippen LogP contribution is -2.35. The second kappa shape index (κ2) is 12.1. The molecule has 0 aromatic heterocycles. The van der Waals surface area contributed by atoms with Crippen molar-refractivity contribution in [2.75, 3.05) is 13.1 Å². The maximum Gasteiger partial charge on any atom is 0.225 e. The van der Waals surface area contributed by atoms with Gasteiger partial charge in [-0.05, 0) is 42.6 Å². The zero-order chi connectivity index (χ0) is 18.4. The van der Waals surface area contributed by atoms with Crippen molar-refractivity contribution < 1.29 is 4.79 Å². The molecule has 4 nitrogen and oxygen atoms in total. The Bertz CT molecular complexity index is 721. The highest BCUT2D eigenvalue weighted by Crippen LogP contribution is 2.19. The topological polar surface area (TPSA) is 58.4 Å². The van der Waals surface area contributed by atoms with Crippen LogP contribution < -0.4 is 11.1 Å². The van der Waals surface area contributed by atoms with Crippen LogP contribution >= 0.6 is 24.8 Å². The summed E-state index contributed by atoms with van der Waals surface area (Å²) in [5, 5.41) is 3.04. The van der Waals surface area contributed by atoms with Gasteiger partial charge in [-0.15, -0.1) is 24.8 Å². The molecule has 0 saturated carbocycles. The fourth-order valence-electron chi connectivity index (χ4n) is 3.51. The molecule has 2 aromatic rings. The third-order valence-electron chi connectivity index (χ3n) is 5.20. The summed E-state index contributed by atoms with van der Waals surface area (Å²) in [6, 6.07) is 18.0. The van der Waals surface area contributed by atoms with Crippen LogP contribution in [0.25, 0.3) is 0 Å². The normalized spacial score (nSPS) is 15.8. The van der Waals surface area contributed by atoms with E-state index in [1.807, 2.05) is 37.3 Å². The number of hydrogen-bond donors (Lipinski definition) is 2. The number of carbonyl (C=O) groups is 1. The first-order chi connectivity index (χ1) is 12.6. The van der Waals surface area contributed by atoms with E-state index < -0.39 is 0 Å². The average Bonchev–Trinajstić information content (AvgIpc) is 3.19. The molecule has 0 spiro atoms. The van der Waals surface area contributed by atoms with Crippen molar-refractivity contribution in [3.05, 3.63) is 71.3 Å². The molecule has 0 aliphatic carbocycles. The van der Waals surface area contributed by atoms with Crippen molar-refractivity contribution in [2.45, 2.75) is 38.9 Å². The van der Waals surface area contributed by atoms with Crippen molar-refractivity contribution in [1.82, 2.24) is 10.2 Å². The molecule has 0 radical (unpaired) electrons. The molecule has 1 saturated heterocycles. The van der Waals surface area contributed by atoms with E-state index in [2.05, 4.69) is 34.5 Å². The SMILES string of the molecule is CC(C(=O)NCc1cccc(CN2CCCC2)c1)C(N)c1ccccc1.Cl.Cl. The first-order valence-corrected chi connectivity index (χ1v) is 9.52. The predicted molar refractivity (Wildman–Crippen MR) is 120 cm³/mol. The molecule has 1 amide bonds. The number of hydrogen-bond acceptors (Lipinski definition) is 3. The van der Waals surface area contributed by atoms with Gasteiger partial charge in [0, 0.05) is 19.1 Å². The first kappa shape index (κ1) is 24.4. The Morgan fingerprint density at radius 1 is 1.04 bits per heavy atom. The van der Waals surface area contributed by atoms with E-state index in [9.17, 15) is 4.79 Å². The standard InChI is InChI=1S/C22H29N3O.2ClH/c1-17(21(23)20-10-3-2-4-11-20)22(26)24-15-18-8-7-9-19(14-18)16-25-12-5-6-13-25;;/h2-4,7-11,14,17,21H,5-6,12-13,15-16,23H2,1H3,(H,24,26);2*1H. The van der Waals surface area contributed by atoms with Crippen molar-refractivity contribution in [3.63, 3.8) is 0 Å². The quantitative estimate of drug-likeness (QED) is 0.704. The van der Waals surface area contributed by atoms with Gasteiger partial charge < -0.3 is 11.1 Å². The maximum absolute atomic E-state index is 12.5. The predicted octanol–water partition coefficient (Wildman–Crippen LogP) is 4.08. The Morgan fingerprint density at radius 3 is 2.36 bits per heavy atom. The zero-order valence-corrected chi connectivity index (χ0v) is 18.0. The lowest BCUT2D eigenvalue weighted by molar-refractivity contribution is -0.125. The number of halogens is 2. The fraction of sp³-hybridized carbons (Fsp3) is 0.409. The van der Waals surface area contributed by atoms with Crippen molar-refractivity contribution in [1.29, 1.82) is 0 Å². The fourth-order valence-corrected chi connectivity index (χ4v) is 3.51. The summed E-state index contributed by atoms with van der Waals surface area (Å²) >= 11 is 0. The van der Waals surface area contributed by atoms with E-state index in [4.69, 9.17) is 5.73 Å². The molecule has 2 unspecified atom stereocenters. The number of nitrogens with two attached hydrogens (primary N) is 1. The highest BCUT2D eigenvalue weighted by atomic mass is 35.5. The maximum atomic E-state index is 12.5. The summed E-state index contributed by atoms with van der Waals surface area (Å²) in [4.78, 5) is 15.0. The number of likely N-dealkylation sites (tertiary alicyclic amines) is 1. The Balaban J connectivity index is 0.00000196. The third kappa shape index (κ3) is 6.78. The number of nitrogens with one attached hydrogen (secondary N) is 1. The Hall–Kier alpha value is -1.59. The lowest BCUT2D eigenvalue weighted by atomic mass is 9.94. The van der Waals surface area contributed by atoms with E-state index in [1.165, 1.54) is 31.5 Å². The van der Waals surface area contributed by atoms with Gasteiger partial charge in [0.1, 0.15) is 0 Å². The molecule has 1 fully saturated rings. The lowest BCUT2D eigenvalue weighted by Gasteiger charge is -2.20. The zero-order valence-electron chi connectivity index (χ0n) is 16.3. The highest BCUT2D eigenvalue weighted by Gasteiger charge is 2.21. The largest absolute Gasteiger partial charge is 0.352 e. The van der Waals surface area contributed by atoms with Gasteiger partial charge in [0.05, 0.1) is 5.92 Å². The molecule has 1 aliphatic rings. The minimum atomic E-state index is -0.294. The van der Waals surface area contributed by atoms with Crippen LogP contribution in [0.2, 0.25) is 0 Å². The van der Waals surface area contributed by atoms with Crippen LogP contribution in [0.1, 0.15) is 42.5 Å². The van der Waals surface area contributed by atoms with Gasteiger partial charge >= 0.3 is 0 Å². The van der Waals surface area contributed by atoms with Gasteiger partial charge in [0.15, 0.2) is 0 Å².